The SMILES string of the molecule is CC1CCN(C(=O)c2ccccc2NC(=O)C(C)C2CNC2)CC1. The summed E-state index contributed by atoms with van der Waals surface area (Å²) in [4.78, 5) is 27.2. The number of para-hydroxylation sites is 1. The van der Waals surface area contributed by atoms with Crippen LogP contribution in [0.1, 0.15) is 37.0 Å². The van der Waals surface area contributed by atoms with E-state index in [0.717, 1.165) is 39.0 Å². The van der Waals surface area contributed by atoms with Crippen LogP contribution in [0.25, 0.3) is 0 Å². The molecule has 2 heterocycles. The summed E-state index contributed by atoms with van der Waals surface area (Å²) in [6.45, 7) is 7.56. The number of likely N-dealkylation sites (tertiary alicyclic amines) is 1. The zero-order valence-electron chi connectivity index (χ0n) is 14.5. The van der Waals surface area contributed by atoms with E-state index in [-0.39, 0.29) is 17.7 Å². The van der Waals surface area contributed by atoms with Crippen molar-refractivity contribution in [2.45, 2.75) is 26.7 Å². The van der Waals surface area contributed by atoms with Crippen molar-refractivity contribution in [3.8, 4) is 0 Å². The van der Waals surface area contributed by atoms with Gasteiger partial charge in [0.25, 0.3) is 5.91 Å². The standard InChI is InChI=1S/C19H27N3O2/c1-13-7-9-22(10-8-13)19(24)16-5-3-4-6-17(16)21-18(23)14(2)15-11-20-12-15/h3-6,13-15,20H,7-12H2,1-2H3,(H,21,23). The fourth-order valence-electron chi connectivity index (χ4n) is 3.29. The molecule has 0 aliphatic carbocycles. The highest BCUT2D eigenvalue weighted by molar-refractivity contribution is 6.04. The number of benzene rings is 1. The molecule has 3 rings (SSSR count). The molecule has 130 valence electrons. The minimum atomic E-state index is -0.0507. The van der Waals surface area contributed by atoms with Crippen LogP contribution in [0.2, 0.25) is 0 Å². The van der Waals surface area contributed by atoms with Crippen LogP contribution in [0.15, 0.2) is 24.3 Å². The monoisotopic (exact) mass is 329 g/mol. The molecule has 2 N–H and O–H groups in total. The molecule has 0 bridgehead atoms. The quantitative estimate of drug-likeness (QED) is 0.891. The molecule has 0 radical (unpaired) electrons. The van der Waals surface area contributed by atoms with Gasteiger partial charge in [-0.15, -0.1) is 0 Å². The summed E-state index contributed by atoms with van der Waals surface area (Å²) >= 11 is 0. The van der Waals surface area contributed by atoms with Gasteiger partial charge in [0.15, 0.2) is 0 Å². The lowest BCUT2D eigenvalue weighted by Crippen LogP contribution is -2.48. The summed E-state index contributed by atoms with van der Waals surface area (Å²) < 4.78 is 0. The minimum absolute atomic E-state index is 0.00554. The van der Waals surface area contributed by atoms with Crippen LogP contribution in [0, 0.1) is 17.8 Å². The van der Waals surface area contributed by atoms with Crippen molar-refractivity contribution >= 4 is 17.5 Å². The second-order valence-corrected chi connectivity index (χ2v) is 7.22. The lowest BCUT2D eigenvalue weighted by Gasteiger charge is -2.32. The molecule has 1 aromatic rings. The Balaban J connectivity index is 1.70. The molecule has 0 aromatic heterocycles. The van der Waals surface area contributed by atoms with Gasteiger partial charge in [0, 0.05) is 19.0 Å². The van der Waals surface area contributed by atoms with E-state index in [4.69, 9.17) is 0 Å². The molecule has 1 unspecified atom stereocenters. The van der Waals surface area contributed by atoms with Crippen molar-refractivity contribution in [2.75, 3.05) is 31.5 Å². The van der Waals surface area contributed by atoms with Gasteiger partial charge in [-0.05, 0) is 49.9 Å². The van der Waals surface area contributed by atoms with Gasteiger partial charge < -0.3 is 15.5 Å². The second kappa shape index (κ2) is 7.34. The third-order valence-corrected chi connectivity index (χ3v) is 5.42. The van der Waals surface area contributed by atoms with Gasteiger partial charge in [-0.1, -0.05) is 26.0 Å². The van der Waals surface area contributed by atoms with Gasteiger partial charge in [0.2, 0.25) is 5.91 Å². The Bertz CT molecular complexity index is 604. The van der Waals surface area contributed by atoms with E-state index >= 15 is 0 Å². The Morgan fingerprint density at radius 2 is 1.88 bits per heavy atom. The molecule has 0 spiro atoms. The van der Waals surface area contributed by atoms with Gasteiger partial charge in [-0.25, -0.2) is 0 Å². The van der Waals surface area contributed by atoms with Crippen molar-refractivity contribution in [2.24, 2.45) is 17.8 Å². The molecule has 2 saturated heterocycles. The molecule has 0 saturated carbocycles. The number of carbonyl (C=O) groups is 2. The van der Waals surface area contributed by atoms with Crippen molar-refractivity contribution < 1.29 is 9.59 Å². The van der Waals surface area contributed by atoms with Crippen molar-refractivity contribution in [1.29, 1.82) is 0 Å². The third kappa shape index (κ3) is 3.61. The Hall–Kier alpha value is -1.88. The number of piperidine rings is 1. The lowest BCUT2D eigenvalue weighted by atomic mass is 9.88. The Morgan fingerprint density at radius 1 is 1.21 bits per heavy atom. The average Bonchev–Trinajstić information content (AvgIpc) is 2.54. The predicted molar refractivity (Wildman–Crippen MR) is 94.9 cm³/mol. The van der Waals surface area contributed by atoms with Crippen LogP contribution >= 0.6 is 0 Å². The number of anilines is 1. The van der Waals surface area contributed by atoms with E-state index < -0.39 is 0 Å². The van der Waals surface area contributed by atoms with Gasteiger partial charge in [0.1, 0.15) is 0 Å². The van der Waals surface area contributed by atoms with E-state index in [1.54, 1.807) is 0 Å². The Morgan fingerprint density at radius 3 is 2.50 bits per heavy atom. The highest BCUT2D eigenvalue weighted by Crippen LogP contribution is 2.24. The fraction of sp³-hybridized carbons (Fsp3) is 0.579. The number of hydrogen-bond acceptors (Lipinski definition) is 3. The first kappa shape index (κ1) is 17.0. The van der Waals surface area contributed by atoms with E-state index in [0.29, 0.717) is 23.1 Å². The normalized spacial score (nSPS) is 20.3. The van der Waals surface area contributed by atoms with Crippen LogP contribution in [-0.4, -0.2) is 42.9 Å². The van der Waals surface area contributed by atoms with Gasteiger partial charge in [0.05, 0.1) is 11.3 Å². The maximum atomic E-state index is 12.8. The first-order valence-corrected chi connectivity index (χ1v) is 8.96. The molecule has 5 nitrogen and oxygen atoms in total. The number of carbonyl (C=O) groups excluding carboxylic acids is 2. The summed E-state index contributed by atoms with van der Waals surface area (Å²) in [5, 5.41) is 6.17. The van der Waals surface area contributed by atoms with Crippen molar-refractivity contribution in [3.63, 3.8) is 0 Å². The number of amides is 2. The zero-order chi connectivity index (χ0) is 17.1. The van der Waals surface area contributed by atoms with E-state index in [9.17, 15) is 9.59 Å². The molecule has 24 heavy (non-hydrogen) atoms. The van der Waals surface area contributed by atoms with Gasteiger partial charge in [-0.3, -0.25) is 9.59 Å². The molecular formula is C19H27N3O2. The largest absolute Gasteiger partial charge is 0.339 e. The Kier molecular flexibility index (Phi) is 5.19. The molecule has 2 aliphatic heterocycles. The molecule has 1 atom stereocenters. The smallest absolute Gasteiger partial charge is 0.255 e. The van der Waals surface area contributed by atoms with Crippen LogP contribution in [0.4, 0.5) is 5.69 Å². The number of hydrogen-bond donors (Lipinski definition) is 2. The van der Waals surface area contributed by atoms with E-state index in [1.165, 1.54) is 0 Å². The average molecular weight is 329 g/mol. The van der Waals surface area contributed by atoms with Gasteiger partial charge >= 0.3 is 0 Å². The highest BCUT2D eigenvalue weighted by Gasteiger charge is 2.30. The first-order chi connectivity index (χ1) is 11.6. The summed E-state index contributed by atoms with van der Waals surface area (Å²) in [7, 11) is 0. The molecule has 1 aromatic carbocycles. The number of rotatable bonds is 4. The lowest BCUT2D eigenvalue weighted by molar-refractivity contribution is -0.121. The number of nitrogens with one attached hydrogen (secondary N) is 2. The van der Waals surface area contributed by atoms with Crippen LogP contribution in [0.3, 0.4) is 0 Å². The molecule has 2 fully saturated rings. The summed E-state index contributed by atoms with van der Waals surface area (Å²) in [6.07, 6.45) is 2.10. The van der Waals surface area contributed by atoms with E-state index in [1.807, 2.05) is 36.1 Å². The van der Waals surface area contributed by atoms with Crippen molar-refractivity contribution in [1.82, 2.24) is 10.2 Å². The maximum absolute atomic E-state index is 12.8. The van der Waals surface area contributed by atoms with Gasteiger partial charge in [-0.2, -0.15) is 0 Å². The van der Waals surface area contributed by atoms with Crippen LogP contribution in [-0.2, 0) is 4.79 Å². The summed E-state index contributed by atoms with van der Waals surface area (Å²) in [5.41, 5.74) is 1.23. The predicted octanol–water partition coefficient (Wildman–Crippen LogP) is 2.35. The molecule has 2 aliphatic rings. The topological polar surface area (TPSA) is 61.4 Å². The Labute approximate surface area is 143 Å². The van der Waals surface area contributed by atoms with E-state index in [2.05, 4.69) is 17.6 Å². The zero-order valence-corrected chi connectivity index (χ0v) is 14.5. The van der Waals surface area contributed by atoms with Crippen molar-refractivity contribution in [3.05, 3.63) is 29.8 Å². The second-order valence-electron chi connectivity index (χ2n) is 7.22. The fourth-order valence-corrected chi connectivity index (χ4v) is 3.29. The minimum Gasteiger partial charge on any atom is -0.339 e. The third-order valence-electron chi connectivity index (χ3n) is 5.42. The summed E-state index contributed by atoms with van der Waals surface area (Å²) in [5.74, 6) is 1.03. The first-order valence-electron chi connectivity index (χ1n) is 8.96. The summed E-state index contributed by atoms with van der Waals surface area (Å²) in [6, 6.07) is 7.35. The number of nitrogens with zero attached hydrogens (tertiary/aromatic N) is 1. The molecular weight excluding hydrogens is 302 g/mol. The van der Waals surface area contributed by atoms with Crippen LogP contribution < -0.4 is 10.6 Å². The highest BCUT2D eigenvalue weighted by atomic mass is 16.2. The molecule has 5 heteroatoms. The molecule has 2 amide bonds. The maximum Gasteiger partial charge on any atom is 0.255 e. The van der Waals surface area contributed by atoms with Crippen LogP contribution in [0.5, 0.6) is 0 Å².